The Balaban J connectivity index is 1.80. The number of hydrogen-bond acceptors (Lipinski definition) is 2. The van der Waals surface area contributed by atoms with E-state index in [1.165, 1.54) is 18.9 Å². The van der Waals surface area contributed by atoms with E-state index in [4.69, 9.17) is 4.74 Å². The average Bonchev–Trinajstić information content (AvgIpc) is 3.27. The lowest BCUT2D eigenvalue weighted by molar-refractivity contribution is 0.455. The molecule has 2 aromatic carbocycles. The summed E-state index contributed by atoms with van der Waals surface area (Å²) in [6.45, 7) is 2.73. The SMILES string of the molecule is Cc1ccc(Oc2ccc(F)c(F)c2)c(CNC2CC2)c1. The summed E-state index contributed by atoms with van der Waals surface area (Å²) in [6, 6.07) is 10.0. The summed E-state index contributed by atoms with van der Waals surface area (Å²) in [5.41, 5.74) is 2.16. The van der Waals surface area contributed by atoms with Crippen LogP contribution in [0.15, 0.2) is 36.4 Å². The van der Waals surface area contributed by atoms with Gasteiger partial charge < -0.3 is 10.1 Å². The van der Waals surface area contributed by atoms with Crippen molar-refractivity contribution in [3.63, 3.8) is 0 Å². The number of nitrogens with one attached hydrogen (secondary N) is 1. The van der Waals surface area contributed by atoms with E-state index >= 15 is 0 Å². The predicted molar refractivity (Wildman–Crippen MR) is 77.5 cm³/mol. The molecule has 0 spiro atoms. The van der Waals surface area contributed by atoms with Gasteiger partial charge in [0.25, 0.3) is 0 Å². The van der Waals surface area contributed by atoms with Crippen LogP contribution in [0.1, 0.15) is 24.0 Å². The molecule has 110 valence electrons. The van der Waals surface area contributed by atoms with Gasteiger partial charge in [-0.05, 0) is 38.0 Å². The molecular formula is C17H17F2NO. The highest BCUT2D eigenvalue weighted by molar-refractivity contribution is 5.40. The Bertz CT molecular complexity index is 653. The van der Waals surface area contributed by atoms with Crippen LogP contribution in [0.4, 0.5) is 8.78 Å². The zero-order valence-electron chi connectivity index (χ0n) is 11.8. The van der Waals surface area contributed by atoms with Gasteiger partial charge in [0.2, 0.25) is 0 Å². The smallest absolute Gasteiger partial charge is 0.162 e. The van der Waals surface area contributed by atoms with Crippen molar-refractivity contribution >= 4 is 0 Å². The Morgan fingerprint density at radius 1 is 1.10 bits per heavy atom. The van der Waals surface area contributed by atoms with Crippen LogP contribution < -0.4 is 10.1 Å². The molecule has 0 aromatic heterocycles. The summed E-state index contributed by atoms with van der Waals surface area (Å²) in [7, 11) is 0. The van der Waals surface area contributed by atoms with Crippen molar-refractivity contribution in [3.05, 3.63) is 59.2 Å². The first-order valence-corrected chi connectivity index (χ1v) is 7.07. The number of rotatable bonds is 5. The van der Waals surface area contributed by atoms with E-state index in [0.29, 0.717) is 24.1 Å². The van der Waals surface area contributed by atoms with E-state index in [1.54, 1.807) is 0 Å². The molecule has 1 aliphatic carbocycles. The minimum absolute atomic E-state index is 0.297. The fourth-order valence-electron chi connectivity index (χ4n) is 2.16. The van der Waals surface area contributed by atoms with Crippen molar-refractivity contribution in [1.82, 2.24) is 5.32 Å². The number of benzene rings is 2. The molecule has 0 radical (unpaired) electrons. The number of ether oxygens (including phenoxy) is 1. The zero-order valence-corrected chi connectivity index (χ0v) is 11.8. The largest absolute Gasteiger partial charge is 0.457 e. The van der Waals surface area contributed by atoms with Gasteiger partial charge in [0.15, 0.2) is 11.6 Å². The molecule has 0 atom stereocenters. The van der Waals surface area contributed by atoms with Gasteiger partial charge in [0.05, 0.1) is 0 Å². The molecule has 1 fully saturated rings. The Morgan fingerprint density at radius 3 is 2.62 bits per heavy atom. The topological polar surface area (TPSA) is 21.3 Å². The predicted octanol–water partition coefficient (Wildman–Crippen LogP) is 4.32. The summed E-state index contributed by atoms with van der Waals surface area (Å²) in [5, 5.41) is 3.43. The van der Waals surface area contributed by atoms with Crippen LogP contribution in [0.25, 0.3) is 0 Å². The summed E-state index contributed by atoms with van der Waals surface area (Å²) in [6.07, 6.45) is 2.43. The van der Waals surface area contributed by atoms with E-state index in [2.05, 4.69) is 5.32 Å². The number of aryl methyl sites for hydroxylation is 1. The molecule has 0 aliphatic heterocycles. The minimum Gasteiger partial charge on any atom is -0.457 e. The van der Waals surface area contributed by atoms with Gasteiger partial charge >= 0.3 is 0 Å². The normalized spacial score (nSPS) is 14.2. The molecule has 4 heteroatoms. The van der Waals surface area contributed by atoms with Crippen LogP contribution in [0.3, 0.4) is 0 Å². The van der Waals surface area contributed by atoms with E-state index < -0.39 is 11.6 Å². The van der Waals surface area contributed by atoms with Crippen LogP contribution in [0, 0.1) is 18.6 Å². The second-order valence-corrected chi connectivity index (χ2v) is 5.44. The molecule has 0 saturated heterocycles. The molecule has 3 rings (SSSR count). The molecule has 0 unspecified atom stereocenters. The lowest BCUT2D eigenvalue weighted by Gasteiger charge is -2.13. The third-order valence-electron chi connectivity index (χ3n) is 3.49. The maximum Gasteiger partial charge on any atom is 0.162 e. The van der Waals surface area contributed by atoms with Gasteiger partial charge in [-0.3, -0.25) is 0 Å². The third kappa shape index (κ3) is 3.58. The van der Waals surface area contributed by atoms with Gasteiger partial charge in [-0.25, -0.2) is 8.78 Å². The molecule has 2 nitrogen and oxygen atoms in total. The second kappa shape index (κ2) is 5.82. The number of hydrogen-bond donors (Lipinski definition) is 1. The van der Waals surface area contributed by atoms with Crippen LogP contribution in [-0.2, 0) is 6.54 Å². The van der Waals surface area contributed by atoms with Crippen molar-refractivity contribution in [1.29, 1.82) is 0 Å². The highest BCUT2D eigenvalue weighted by Crippen LogP contribution is 2.28. The Morgan fingerprint density at radius 2 is 1.90 bits per heavy atom. The van der Waals surface area contributed by atoms with Crippen molar-refractivity contribution in [2.75, 3.05) is 0 Å². The lowest BCUT2D eigenvalue weighted by atomic mass is 10.1. The maximum atomic E-state index is 13.2. The fraction of sp³-hybridized carbons (Fsp3) is 0.294. The van der Waals surface area contributed by atoms with Crippen LogP contribution in [0.2, 0.25) is 0 Å². The van der Waals surface area contributed by atoms with E-state index in [9.17, 15) is 8.78 Å². The summed E-state index contributed by atoms with van der Waals surface area (Å²) >= 11 is 0. The molecule has 1 N–H and O–H groups in total. The van der Waals surface area contributed by atoms with Crippen molar-refractivity contribution in [3.8, 4) is 11.5 Å². The van der Waals surface area contributed by atoms with Gasteiger partial charge in [-0.15, -0.1) is 0 Å². The minimum atomic E-state index is -0.905. The first-order valence-electron chi connectivity index (χ1n) is 7.07. The van der Waals surface area contributed by atoms with E-state index in [0.717, 1.165) is 23.3 Å². The van der Waals surface area contributed by atoms with Crippen LogP contribution >= 0.6 is 0 Å². The molecule has 0 bridgehead atoms. The quantitative estimate of drug-likeness (QED) is 0.885. The lowest BCUT2D eigenvalue weighted by Crippen LogP contribution is -2.15. The van der Waals surface area contributed by atoms with Crippen molar-refractivity contribution < 1.29 is 13.5 Å². The summed E-state index contributed by atoms with van der Waals surface area (Å²) < 4.78 is 31.9. The Labute approximate surface area is 122 Å². The van der Waals surface area contributed by atoms with E-state index in [1.807, 2.05) is 25.1 Å². The molecule has 0 amide bonds. The second-order valence-electron chi connectivity index (χ2n) is 5.44. The summed E-state index contributed by atoms with van der Waals surface area (Å²) in [4.78, 5) is 0. The van der Waals surface area contributed by atoms with Crippen LogP contribution in [0.5, 0.6) is 11.5 Å². The highest BCUT2D eigenvalue weighted by Gasteiger charge is 2.20. The van der Waals surface area contributed by atoms with Crippen LogP contribution in [-0.4, -0.2) is 6.04 Å². The van der Waals surface area contributed by atoms with E-state index in [-0.39, 0.29) is 0 Å². The standard InChI is InChI=1S/C17H17F2NO/c1-11-2-7-17(12(8-11)10-20-13-3-4-13)21-14-5-6-15(18)16(19)9-14/h2,5-9,13,20H,3-4,10H2,1H3. The monoisotopic (exact) mass is 289 g/mol. The Kier molecular flexibility index (Phi) is 3.88. The third-order valence-corrected chi connectivity index (χ3v) is 3.49. The van der Waals surface area contributed by atoms with Gasteiger partial charge in [0.1, 0.15) is 11.5 Å². The summed E-state index contributed by atoms with van der Waals surface area (Å²) in [5.74, 6) is -0.815. The first kappa shape index (κ1) is 14.0. The van der Waals surface area contributed by atoms with Gasteiger partial charge in [-0.1, -0.05) is 17.7 Å². The number of halogens is 2. The Hall–Kier alpha value is -1.94. The molecule has 1 saturated carbocycles. The maximum absolute atomic E-state index is 13.2. The first-order chi connectivity index (χ1) is 10.1. The molecule has 0 heterocycles. The average molecular weight is 289 g/mol. The zero-order chi connectivity index (χ0) is 14.8. The van der Waals surface area contributed by atoms with Gasteiger partial charge in [-0.2, -0.15) is 0 Å². The molecule has 21 heavy (non-hydrogen) atoms. The van der Waals surface area contributed by atoms with Gasteiger partial charge in [0, 0.05) is 24.2 Å². The molecular weight excluding hydrogens is 272 g/mol. The molecule has 1 aliphatic rings. The molecule has 2 aromatic rings. The highest BCUT2D eigenvalue weighted by atomic mass is 19.2. The fourth-order valence-corrected chi connectivity index (χ4v) is 2.16. The van der Waals surface area contributed by atoms with Crippen molar-refractivity contribution in [2.24, 2.45) is 0 Å². The van der Waals surface area contributed by atoms with Crippen molar-refractivity contribution in [2.45, 2.75) is 32.4 Å².